The van der Waals surface area contributed by atoms with Crippen LogP contribution in [0.4, 0.5) is 0 Å². The van der Waals surface area contributed by atoms with Crippen LogP contribution in [-0.4, -0.2) is 52.9 Å². The molecule has 2 aromatic carbocycles. The molecule has 2 aromatic rings. The summed E-state index contributed by atoms with van der Waals surface area (Å²) in [6.07, 6.45) is -1.16. The van der Waals surface area contributed by atoms with Crippen LogP contribution in [-0.2, 0) is 33.9 Å². The molecule has 2 atom stereocenters. The maximum Gasteiger partial charge on any atom is 0.324 e. The predicted octanol–water partition coefficient (Wildman–Crippen LogP) is 2.01. The third-order valence-corrected chi connectivity index (χ3v) is 8.15. The molecule has 0 unspecified atom stereocenters. The highest BCUT2D eigenvalue weighted by Gasteiger charge is 2.46. The minimum Gasteiger partial charge on any atom is -0.468 e. The Balaban J connectivity index is 1.88. The summed E-state index contributed by atoms with van der Waals surface area (Å²) in [7, 11) is -7.04. The molecule has 3 rings (SSSR count). The molecule has 0 saturated carbocycles. The summed E-state index contributed by atoms with van der Waals surface area (Å²) < 4.78 is 62.4. The number of sulfonamides is 1. The van der Waals surface area contributed by atoms with E-state index < -0.39 is 38.3 Å². The molecule has 0 N–H and O–H groups in total. The van der Waals surface area contributed by atoms with Gasteiger partial charge in [0.25, 0.3) is 10.1 Å². The SMILES string of the molecule is COC(=O)[C@@H]1C[C@@H](OS(=O)(=O)c2ccc(C)cc2)CN1S(=O)(=O)c1ccc(C)cc1. The van der Waals surface area contributed by atoms with E-state index in [0.29, 0.717) is 0 Å². The first kappa shape index (κ1) is 22.4. The van der Waals surface area contributed by atoms with Gasteiger partial charge in [0, 0.05) is 13.0 Å². The van der Waals surface area contributed by atoms with E-state index >= 15 is 0 Å². The first-order chi connectivity index (χ1) is 14.0. The molecule has 1 aliphatic rings. The Hall–Kier alpha value is -2.27. The van der Waals surface area contributed by atoms with Crippen molar-refractivity contribution in [2.24, 2.45) is 0 Å². The van der Waals surface area contributed by atoms with Gasteiger partial charge in [-0.1, -0.05) is 35.4 Å². The van der Waals surface area contributed by atoms with E-state index in [0.717, 1.165) is 22.5 Å². The van der Waals surface area contributed by atoms with Crippen molar-refractivity contribution >= 4 is 26.1 Å². The van der Waals surface area contributed by atoms with Crippen LogP contribution < -0.4 is 0 Å². The molecule has 0 amide bonds. The summed E-state index contributed by atoms with van der Waals surface area (Å²) in [6.45, 7) is 3.35. The molecule has 10 heteroatoms. The van der Waals surface area contributed by atoms with Crippen LogP contribution in [0.5, 0.6) is 0 Å². The lowest BCUT2D eigenvalue weighted by Crippen LogP contribution is -2.41. The van der Waals surface area contributed by atoms with Crippen LogP contribution in [0.15, 0.2) is 58.3 Å². The van der Waals surface area contributed by atoms with Crippen molar-refractivity contribution in [3.8, 4) is 0 Å². The van der Waals surface area contributed by atoms with Gasteiger partial charge in [0.2, 0.25) is 10.0 Å². The van der Waals surface area contributed by atoms with Crippen molar-refractivity contribution in [3.05, 3.63) is 59.7 Å². The van der Waals surface area contributed by atoms with Gasteiger partial charge >= 0.3 is 5.97 Å². The molecule has 8 nitrogen and oxygen atoms in total. The molecule has 1 fully saturated rings. The minimum absolute atomic E-state index is 0.00375. The molecule has 162 valence electrons. The first-order valence-corrected chi connectivity index (χ1v) is 12.1. The summed E-state index contributed by atoms with van der Waals surface area (Å²) in [5.41, 5.74) is 1.77. The Morgan fingerprint density at radius 1 is 0.900 bits per heavy atom. The largest absolute Gasteiger partial charge is 0.468 e. The fourth-order valence-electron chi connectivity index (χ4n) is 3.24. The lowest BCUT2D eigenvalue weighted by atomic mass is 10.2. The van der Waals surface area contributed by atoms with Gasteiger partial charge in [-0.05, 0) is 38.1 Å². The summed E-state index contributed by atoms with van der Waals surface area (Å²) >= 11 is 0. The molecular formula is C20H23NO7S2. The quantitative estimate of drug-likeness (QED) is 0.486. The van der Waals surface area contributed by atoms with E-state index in [1.165, 1.54) is 24.3 Å². The van der Waals surface area contributed by atoms with Crippen molar-refractivity contribution in [3.63, 3.8) is 0 Å². The molecule has 30 heavy (non-hydrogen) atoms. The van der Waals surface area contributed by atoms with Gasteiger partial charge in [-0.2, -0.15) is 12.7 Å². The number of ether oxygens (including phenoxy) is 1. The zero-order chi connectivity index (χ0) is 22.1. The number of benzene rings is 2. The Labute approximate surface area is 176 Å². The number of methoxy groups -OCH3 is 1. The van der Waals surface area contributed by atoms with Gasteiger partial charge in [-0.3, -0.25) is 8.98 Å². The monoisotopic (exact) mass is 453 g/mol. The van der Waals surface area contributed by atoms with Crippen molar-refractivity contribution < 1.29 is 30.6 Å². The van der Waals surface area contributed by atoms with Crippen LogP contribution >= 0.6 is 0 Å². The van der Waals surface area contributed by atoms with Gasteiger partial charge < -0.3 is 4.74 Å². The maximum atomic E-state index is 13.1. The predicted molar refractivity (Wildman–Crippen MR) is 109 cm³/mol. The van der Waals surface area contributed by atoms with E-state index in [1.54, 1.807) is 24.3 Å². The second kappa shape index (κ2) is 8.46. The zero-order valence-corrected chi connectivity index (χ0v) is 18.4. The number of esters is 1. The standard InChI is InChI=1S/C20H23NO7S2/c1-14-4-8-17(9-5-14)29(23,24)21-13-16(12-19(21)20(22)27-3)28-30(25,26)18-10-6-15(2)7-11-18/h4-11,16,19H,12-13H2,1-3H3/t16-,19+/m1/s1. The first-order valence-electron chi connectivity index (χ1n) is 9.21. The second-order valence-corrected chi connectivity index (χ2v) is 10.6. The number of carbonyl (C=O) groups excluding carboxylic acids is 1. The van der Waals surface area contributed by atoms with Crippen molar-refractivity contribution in [1.29, 1.82) is 0 Å². The smallest absolute Gasteiger partial charge is 0.324 e. The van der Waals surface area contributed by atoms with E-state index in [2.05, 4.69) is 0 Å². The Kier molecular flexibility index (Phi) is 6.32. The van der Waals surface area contributed by atoms with Crippen LogP contribution in [0.2, 0.25) is 0 Å². The van der Waals surface area contributed by atoms with Crippen molar-refractivity contribution in [1.82, 2.24) is 4.31 Å². The summed E-state index contributed by atoms with van der Waals surface area (Å²) in [6, 6.07) is 11.1. The summed E-state index contributed by atoms with van der Waals surface area (Å²) in [5, 5.41) is 0. The maximum absolute atomic E-state index is 13.1. The number of rotatable bonds is 6. The topological polar surface area (TPSA) is 107 Å². The van der Waals surface area contributed by atoms with Crippen molar-refractivity contribution in [2.75, 3.05) is 13.7 Å². The molecule has 1 heterocycles. The second-order valence-electron chi connectivity index (χ2n) is 7.15. The van der Waals surface area contributed by atoms with E-state index in [-0.39, 0.29) is 22.8 Å². The molecule has 1 aliphatic heterocycles. The number of hydrogen-bond donors (Lipinski definition) is 0. The van der Waals surface area contributed by atoms with Crippen LogP contribution in [0.1, 0.15) is 17.5 Å². The van der Waals surface area contributed by atoms with Gasteiger partial charge in [0.1, 0.15) is 6.04 Å². The van der Waals surface area contributed by atoms with Crippen LogP contribution in [0.25, 0.3) is 0 Å². The van der Waals surface area contributed by atoms with Crippen molar-refractivity contribution in [2.45, 2.75) is 42.2 Å². The molecule has 0 radical (unpaired) electrons. The summed E-state index contributed by atoms with van der Waals surface area (Å²) in [4.78, 5) is 12.2. The molecule has 0 aromatic heterocycles. The van der Waals surface area contributed by atoms with Crippen LogP contribution in [0, 0.1) is 13.8 Å². The van der Waals surface area contributed by atoms with E-state index in [9.17, 15) is 21.6 Å². The molecule has 1 saturated heterocycles. The zero-order valence-electron chi connectivity index (χ0n) is 16.8. The Bertz CT molecular complexity index is 1120. The average Bonchev–Trinajstić information content (AvgIpc) is 3.12. The minimum atomic E-state index is -4.13. The average molecular weight is 454 g/mol. The fraction of sp³-hybridized carbons (Fsp3) is 0.350. The lowest BCUT2D eigenvalue weighted by Gasteiger charge is -2.22. The molecule has 0 bridgehead atoms. The van der Waals surface area contributed by atoms with Crippen LogP contribution in [0.3, 0.4) is 0 Å². The number of hydrogen-bond acceptors (Lipinski definition) is 7. The van der Waals surface area contributed by atoms with Gasteiger partial charge in [-0.25, -0.2) is 8.42 Å². The highest BCUT2D eigenvalue weighted by Crippen LogP contribution is 2.30. The van der Waals surface area contributed by atoms with Gasteiger partial charge in [0.05, 0.1) is 23.0 Å². The Morgan fingerprint density at radius 3 is 1.90 bits per heavy atom. The third-order valence-electron chi connectivity index (χ3n) is 4.89. The number of carbonyl (C=O) groups is 1. The Morgan fingerprint density at radius 2 is 1.40 bits per heavy atom. The highest BCUT2D eigenvalue weighted by atomic mass is 32.2. The fourth-order valence-corrected chi connectivity index (χ4v) is 5.94. The normalized spacial score (nSPS) is 20.2. The van der Waals surface area contributed by atoms with E-state index in [4.69, 9.17) is 8.92 Å². The molecular weight excluding hydrogens is 430 g/mol. The lowest BCUT2D eigenvalue weighted by molar-refractivity contribution is -0.144. The number of aryl methyl sites for hydroxylation is 2. The number of nitrogens with zero attached hydrogens (tertiary/aromatic N) is 1. The summed E-state index contributed by atoms with van der Waals surface area (Å²) in [5.74, 6) is -0.774. The third kappa shape index (κ3) is 4.56. The van der Waals surface area contributed by atoms with E-state index in [1.807, 2.05) is 13.8 Å². The molecule has 0 aliphatic carbocycles. The highest BCUT2D eigenvalue weighted by molar-refractivity contribution is 7.89. The molecule has 0 spiro atoms. The van der Waals surface area contributed by atoms with Gasteiger partial charge in [0.15, 0.2) is 0 Å². The van der Waals surface area contributed by atoms with Gasteiger partial charge in [-0.15, -0.1) is 0 Å².